The molecular weight excluding hydrogens is 228 g/mol. The van der Waals surface area contributed by atoms with Crippen molar-refractivity contribution in [2.24, 2.45) is 0 Å². The van der Waals surface area contributed by atoms with Crippen LogP contribution in [0.15, 0.2) is 55.0 Å². The summed E-state index contributed by atoms with van der Waals surface area (Å²) in [5.41, 5.74) is 6.23. The predicted octanol–water partition coefficient (Wildman–Crippen LogP) is 1.74. The highest BCUT2D eigenvalue weighted by Gasteiger charge is 1.90. The molecule has 0 bridgehead atoms. The van der Waals surface area contributed by atoms with Crippen LogP contribution in [0.25, 0.3) is 10.9 Å². The smallest absolute Gasteiger partial charge is 0.220 e. The molecule has 0 unspecified atom stereocenters. The highest BCUT2D eigenvalue weighted by atomic mass is 16.1. The first-order valence-corrected chi connectivity index (χ1v) is 5.34. The third kappa shape index (κ3) is 2.70. The van der Waals surface area contributed by atoms with Crippen LogP contribution in [0.1, 0.15) is 0 Å². The molecule has 90 valence electrons. The molecule has 0 spiro atoms. The van der Waals surface area contributed by atoms with Crippen LogP contribution in [0.2, 0.25) is 0 Å². The van der Waals surface area contributed by atoms with Crippen LogP contribution in [-0.2, 0) is 4.79 Å². The van der Waals surface area contributed by atoms with E-state index < -0.39 is 0 Å². The van der Waals surface area contributed by atoms with Gasteiger partial charge < -0.3 is 5.73 Å². The second-order valence-electron chi connectivity index (χ2n) is 3.49. The minimum Gasteiger partial charge on any atom is -0.369 e. The normalized spacial score (nSPS) is 9.56. The zero-order valence-electron chi connectivity index (χ0n) is 9.60. The van der Waals surface area contributed by atoms with Crippen molar-refractivity contribution < 1.29 is 4.79 Å². The summed E-state index contributed by atoms with van der Waals surface area (Å²) >= 11 is 0. The molecule has 0 aliphatic rings. The Hall–Kier alpha value is -2.69. The summed E-state index contributed by atoms with van der Waals surface area (Å²) in [5.74, 6) is 0.222. The van der Waals surface area contributed by atoms with Crippen LogP contribution >= 0.6 is 0 Å². The molecular formula is C13H12N4O. The van der Waals surface area contributed by atoms with Crippen molar-refractivity contribution in [3.63, 3.8) is 0 Å². The van der Waals surface area contributed by atoms with Gasteiger partial charge in [-0.2, -0.15) is 0 Å². The largest absolute Gasteiger partial charge is 0.369 e. The van der Waals surface area contributed by atoms with Crippen molar-refractivity contribution in [3.05, 3.63) is 55.0 Å². The molecule has 18 heavy (non-hydrogen) atoms. The molecule has 2 N–H and O–H groups in total. The van der Waals surface area contributed by atoms with Crippen LogP contribution in [0, 0.1) is 0 Å². The van der Waals surface area contributed by atoms with E-state index in [1.807, 2.05) is 30.5 Å². The van der Waals surface area contributed by atoms with E-state index in [4.69, 9.17) is 5.73 Å². The van der Waals surface area contributed by atoms with Crippen molar-refractivity contribution in [2.45, 2.75) is 0 Å². The van der Waals surface area contributed by atoms with Gasteiger partial charge in [0.2, 0.25) is 12.4 Å². The molecule has 0 amide bonds. The van der Waals surface area contributed by atoms with E-state index in [1.54, 1.807) is 0 Å². The summed E-state index contributed by atoms with van der Waals surface area (Å²) in [7, 11) is 0. The van der Waals surface area contributed by atoms with E-state index >= 15 is 0 Å². The summed E-state index contributed by atoms with van der Waals surface area (Å²) in [6, 6.07) is 12.1. The number of imidazole rings is 1. The fraction of sp³-hybridized carbons (Fsp3) is 0. The Labute approximate surface area is 104 Å². The van der Waals surface area contributed by atoms with Gasteiger partial charge in [-0.25, -0.2) is 4.98 Å². The van der Waals surface area contributed by atoms with Crippen LogP contribution in [0.5, 0.6) is 0 Å². The molecule has 0 fully saturated rings. The number of rotatable bonds is 1. The van der Waals surface area contributed by atoms with E-state index in [1.165, 1.54) is 22.3 Å². The van der Waals surface area contributed by atoms with Gasteiger partial charge in [-0.15, -0.1) is 0 Å². The molecule has 3 rings (SSSR count). The minimum atomic E-state index is 0.222. The standard InChI is InChI=1S/C9H7N.C4H5N3O/c1-2-6-9-8(4-1)5-3-7-10-9;5-4-6-1-2-7(4)3-8/h1-7H;1-3H,(H2,5,6). The monoisotopic (exact) mass is 240 g/mol. The lowest BCUT2D eigenvalue weighted by Gasteiger charge is -1.91. The lowest BCUT2D eigenvalue weighted by molar-refractivity contribution is 0.548. The number of carbonyl (C=O) groups excluding carboxylic acids is 1. The SMILES string of the molecule is Nc1nccn1C=O.c1ccc2ncccc2c1. The van der Waals surface area contributed by atoms with Crippen molar-refractivity contribution in [1.29, 1.82) is 0 Å². The molecule has 0 saturated carbocycles. The zero-order chi connectivity index (χ0) is 12.8. The number of anilines is 1. The molecule has 5 heteroatoms. The Bertz CT molecular complexity index is 583. The Kier molecular flexibility index (Phi) is 3.66. The quantitative estimate of drug-likeness (QED) is 0.657. The number of hydrogen-bond acceptors (Lipinski definition) is 4. The molecule has 3 aromatic rings. The van der Waals surface area contributed by atoms with Gasteiger partial charge in [0.1, 0.15) is 0 Å². The number of aromatic nitrogens is 3. The average Bonchev–Trinajstić information content (AvgIpc) is 2.85. The van der Waals surface area contributed by atoms with Gasteiger partial charge in [-0.3, -0.25) is 14.3 Å². The summed E-state index contributed by atoms with van der Waals surface area (Å²) < 4.78 is 1.19. The number of nitrogen functional groups attached to an aromatic ring is 1. The Morgan fingerprint density at radius 1 is 1.06 bits per heavy atom. The second-order valence-corrected chi connectivity index (χ2v) is 3.49. The lowest BCUT2D eigenvalue weighted by Crippen LogP contribution is -1.99. The summed E-state index contributed by atoms with van der Waals surface area (Å²) in [4.78, 5) is 17.7. The fourth-order valence-corrected chi connectivity index (χ4v) is 1.43. The van der Waals surface area contributed by atoms with Crippen molar-refractivity contribution in [1.82, 2.24) is 14.5 Å². The van der Waals surface area contributed by atoms with Gasteiger partial charge in [0.15, 0.2) is 0 Å². The Morgan fingerprint density at radius 3 is 2.44 bits per heavy atom. The number of nitrogens with zero attached hydrogens (tertiary/aromatic N) is 3. The van der Waals surface area contributed by atoms with Gasteiger partial charge in [0, 0.05) is 24.0 Å². The minimum absolute atomic E-state index is 0.222. The number of para-hydroxylation sites is 1. The van der Waals surface area contributed by atoms with Crippen LogP contribution < -0.4 is 5.73 Å². The van der Waals surface area contributed by atoms with E-state index in [-0.39, 0.29) is 5.95 Å². The Balaban J connectivity index is 0.000000138. The predicted molar refractivity (Wildman–Crippen MR) is 70.5 cm³/mol. The van der Waals surface area contributed by atoms with Crippen LogP contribution in [-0.4, -0.2) is 20.9 Å². The third-order valence-corrected chi connectivity index (χ3v) is 2.32. The van der Waals surface area contributed by atoms with Gasteiger partial charge >= 0.3 is 0 Å². The number of carbonyl (C=O) groups is 1. The van der Waals surface area contributed by atoms with Crippen LogP contribution in [0.3, 0.4) is 0 Å². The lowest BCUT2D eigenvalue weighted by atomic mass is 10.2. The van der Waals surface area contributed by atoms with Crippen molar-refractivity contribution >= 4 is 23.3 Å². The first-order chi connectivity index (χ1) is 8.81. The molecule has 0 radical (unpaired) electrons. The maximum atomic E-state index is 9.93. The van der Waals surface area contributed by atoms with Crippen LogP contribution in [0.4, 0.5) is 5.95 Å². The number of hydrogen-bond donors (Lipinski definition) is 1. The van der Waals surface area contributed by atoms with Crippen molar-refractivity contribution in [2.75, 3.05) is 5.73 Å². The van der Waals surface area contributed by atoms with Crippen molar-refractivity contribution in [3.8, 4) is 0 Å². The van der Waals surface area contributed by atoms with E-state index in [0.717, 1.165) is 5.52 Å². The highest BCUT2D eigenvalue weighted by Crippen LogP contribution is 2.07. The molecule has 0 aliphatic heterocycles. The molecule has 1 aromatic carbocycles. The molecule has 0 aliphatic carbocycles. The molecule has 5 nitrogen and oxygen atoms in total. The van der Waals surface area contributed by atoms with Gasteiger partial charge in [0.05, 0.1) is 5.52 Å². The van der Waals surface area contributed by atoms with E-state index in [0.29, 0.717) is 6.41 Å². The average molecular weight is 240 g/mol. The Morgan fingerprint density at radius 2 is 1.83 bits per heavy atom. The van der Waals surface area contributed by atoms with Gasteiger partial charge in [-0.1, -0.05) is 24.3 Å². The third-order valence-electron chi connectivity index (χ3n) is 2.32. The molecule has 2 heterocycles. The maximum absolute atomic E-state index is 9.93. The van der Waals surface area contributed by atoms with Gasteiger partial charge in [-0.05, 0) is 12.1 Å². The fourth-order valence-electron chi connectivity index (χ4n) is 1.43. The number of pyridine rings is 1. The number of fused-ring (bicyclic) bond motifs is 1. The highest BCUT2D eigenvalue weighted by molar-refractivity contribution is 5.77. The molecule has 2 aromatic heterocycles. The molecule has 0 atom stereocenters. The second kappa shape index (κ2) is 5.58. The summed E-state index contributed by atoms with van der Waals surface area (Å²) in [6.45, 7) is 0. The zero-order valence-corrected chi connectivity index (χ0v) is 9.60. The first-order valence-electron chi connectivity index (χ1n) is 5.34. The van der Waals surface area contributed by atoms with E-state index in [2.05, 4.69) is 22.1 Å². The summed E-state index contributed by atoms with van der Waals surface area (Å²) in [6.07, 6.45) is 5.36. The summed E-state index contributed by atoms with van der Waals surface area (Å²) in [5, 5.41) is 1.20. The van der Waals surface area contributed by atoms with E-state index in [9.17, 15) is 4.79 Å². The number of nitrogens with two attached hydrogens (primary N) is 1. The van der Waals surface area contributed by atoms with Gasteiger partial charge in [0.25, 0.3) is 0 Å². The maximum Gasteiger partial charge on any atom is 0.220 e. The first kappa shape index (κ1) is 11.8. The molecule has 0 saturated heterocycles. The topological polar surface area (TPSA) is 73.8 Å². The number of benzene rings is 1.